The van der Waals surface area contributed by atoms with E-state index in [-0.39, 0.29) is 6.04 Å². The number of esters is 1. The number of ether oxygens (including phenoxy) is 1. The van der Waals surface area contributed by atoms with Crippen LogP contribution in [0.3, 0.4) is 0 Å². The summed E-state index contributed by atoms with van der Waals surface area (Å²) in [6, 6.07) is -0.478. The van der Waals surface area contributed by atoms with E-state index in [0.717, 1.165) is 0 Å². The number of aromatic nitrogens is 3. The molecule has 6 nitrogen and oxygen atoms in total. The molecule has 0 aromatic carbocycles. The standard InChI is InChI=1S/C10H18N4O2/c1-4-16-10(15)8(11)5-9-12-6-13-14(9)7(2)3/h6-8H,4-5,11H2,1-3H3. The Morgan fingerprint density at radius 2 is 2.31 bits per heavy atom. The largest absolute Gasteiger partial charge is 0.465 e. The quantitative estimate of drug-likeness (QED) is 0.730. The van der Waals surface area contributed by atoms with Crippen LogP contribution in [-0.2, 0) is 16.0 Å². The summed E-state index contributed by atoms with van der Waals surface area (Å²) in [5.74, 6) is 0.302. The van der Waals surface area contributed by atoms with Gasteiger partial charge in [0.15, 0.2) is 0 Å². The van der Waals surface area contributed by atoms with Crippen LogP contribution in [0, 0.1) is 0 Å². The van der Waals surface area contributed by atoms with Crippen molar-refractivity contribution >= 4 is 5.97 Å². The molecule has 1 unspecified atom stereocenters. The van der Waals surface area contributed by atoms with Crippen LogP contribution in [0.15, 0.2) is 6.33 Å². The SMILES string of the molecule is CCOC(=O)C(N)Cc1ncnn1C(C)C. The second kappa shape index (κ2) is 5.60. The van der Waals surface area contributed by atoms with Crippen molar-refractivity contribution in [2.75, 3.05) is 6.61 Å². The molecule has 1 aromatic heterocycles. The van der Waals surface area contributed by atoms with Gasteiger partial charge in [-0.3, -0.25) is 4.79 Å². The first-order valence-corrected chi connectivity index (χ1v) is 5.36. The molecule has 0 aliphatic carbocycles. The maximum absolute atomic E-state index is 11.3. The van der Waals surface area contributed by atoms with Crippen LogP contribution in [0.25, 0.3) is 0 Å². The van der Waals surface area contributed by atoms with Crippen molar-refractivity contribution in [1.82, 2.24) is 14.8 Å². The Morgan fingerprint density at radius 3 is 2.88 bits per heavy atom. The molecule has 1 aromatic rings. The summed E-state index contributed by atoms with van der Waals surface area (Å²) in [5.41, 5.74) is 5.71. The van der Waals surface area contributed by atoms with Gasteiger partial charge in [0.1, 0.15) is 18.2 Å². The van der Waals surface area contributed by atoms with Gasteiger partial charge in [0, 0.05) is 12.5 Å². The molecule has 0 aliphatic rings. The molecule has 90 valence electrons. The fourth-order valence-corrected chi connectivity index (χ4v) is 1.38. The fourth-order valence-electron chi connectivity index (χ4n) is 1.38. The highest BCUT2D eigenvalue weighted by Gasteiger charge is 2.19. The summed E-state index contributed by atoms with van der Waals surface area (Å²) >= 11 is 0. The lowest BCUT2D eigenvalue weighted by Gasteiger charge is -2.12. The fraction of sp³-hybridized carbons (Fsp3) is 0.700. The number of hydrogen-bond acceptors (Lipinski definition) is 5. The lowest BCUT2D eigenvalue weighted by molar-refractivity contribution is -0.144. The van der Waals surface area contributed by atoms with E-state index in [4.69, 9.17) is 10.5 Å². The summed E-state index contributed by atoms with van der Waals surface area (Å²) < 4.78 is 6.58. The van der Waals surface area contributed by atoms with E-state index in [1.54, 1.807) is 11.6 Å². The molecule has 0 fully saturated rings. The maximum Gasteiger partial charge on any atom is 0.323 e. The molecule has 0 bridgehead atoms. The van der Waals surface area contributed by atoms with Crippen LogP contribution in [0.2, 0.25) is 0 Å². The van der Waals surface area contributed by atoms with Gasteiger partial charge in [0.2, 0.25) is 0 Å². The van der Waals surface area contributed by atoms with Gasteiger partial charge in [-0.25, -0.2) is 9.67 Å². The minimum Gasteiger partial charge on any atom is -0.465 e. The molecule has 6 heteroatoms. The van der Waals surface area contributed by atoms with Gasteiger partial charge in [-0.2, -0.15) is 5.10 Å². The Kier molecular flexibility index (Phi) is 4.42. The van der Waals surface area contributed by atoms with E-state index in [9.17, 15) is 4.79 Å². The highest BCUT2D eigenvalue weighted by molar-refractivity contribution is 5.75. The Morgan fingerprint density at radius 1 is 1.62 bits per heavy atom. The second-order valence-electron chi connectivity index (χ2n) is 3.78. The molecule has 0 saturated carbocycles. The molecule has 2 N–H and O–H groups in total. The van der Waals surface area contributed by atoms with Crippen molar-refractivity contribution in [2.45, 2.75) is 39.3 Å². The summed E-state index contributed by atoms with van der Waals surface area (Å²) in [5, 5.41) is 4.07. The zero-order valence-corrected chi connectivity index (χ0v) is 9.88. The van der Waals surface area contributed by atoms with E-state index >= 15 is 0 Å². The van der Waals surface area contributed by atoms with E-state index in [1.807, 2.05) is 13.8 Å². The highest BCUT2D eigenvalue weighted by Crippen LogP contribution is 2.07. The van der Waals surface area contributed by atoms with E-state index in [2.05, 4.69) is 10.1 Å². The molecule has 0 spiro atoms. The van der Waals surface area contributed by atoms with Crippen LogP contribution >= 0.6 is 0 Å². The first kappa shape index (κ1) is 12.6. The van der Waals surface area contributed by atoms with Gasteiger partial charge in [0.25, 0.3) is 0 Å². The van der Waals surface area contributed by atoms with Gasteiger partial charge >= 0.3 is 5.97 Å². The molecular formula is C10H18N4O2. The smallest absolute Gasteiger partial charge is 0.323 e. The molecule has 0 aliphatic heterocycles. The van der Waals surface area contributed by atoms with Crippen molar-refractivity contribution in [3.63, 3.8) is 0 Å². The van der Waals surface area contributed by atoms with E-state index in [0.29, 0.717) is 18.9 Å². The highest BCUT2D eigenvalue weighted by atomic mass is 16.5. The van der Waals surface area contributed by atoms with Crippen molar-refractivity contribution in [3.8, 4) is 0 Å². The molecular weight excluding hydrogens is 208 g/mol. The number of rotatable bonds is 5. The van der Waals surface area contributed by atoms with Gasteiger partial charge in [0.05, 0.1) is 6.61 Å². The van der Waals surface area contributed by atoms with Gasteiger partial charge < -0.3 is 10.5 Å². The number of carbonyl (C=O) groups is 1. The topological polar surface area (TPSA) is 83.0 Å². The summed E-state index contributed by atoms with van der Waals surface area (Å²) in [6.07, 6.45) is 1.81. The van der Waals surface area contributed by atoms with Gasteiger partial charge in [-0.05, 0) is 20.8 Å². The van der Waals surface area contributed by atoms with Crippen molar-refractivity contribution in [1.29, 1.82) is 0 Å². The van der Waals surface area contributed by atoms with Crippen molar-refractivity contribution in [3.05, 3.63) is 12.2 Å². The summed E-state index contributed by atoms with van der Waals surface area (Å²) in [7, 11) is 0. The monoisotopic (exact) mass is 226 g/mol. The lowest BCUT2D eigenvalue weighted by Crippen LogP contribution is -2.35. The molecule has 1 heterocycles. The van der Waals surface area contributed by atoms with E-state index in [1.165, 1.54) is 6.33 Å². The predicted molar refractivity (Wildman–Crippen MR) is 58.7 cm³/mol. The summed E-state index contributed by atoms with van der Waals surface area (Å²) in [6.45, 7) is 6.08. The molecule has 16 heavy (non-hydrogen) atoms. The molecule has 0 saturated heterocycles. The number of nitrogens with two attached hydrogens (primary N) is 1. The number of nitrogens with zero attached hydrogens (tertiary/aromatic N) is 3. The molecule has 1 rings (SSSR count). The predicted octanol–water partition coefficient (Wildman–Crippen LogP) is 0.292. The van der Waals surface area contributed by atoms with Crippen LogP contribution < -0.4 is 5.73 Å². The van der Waals surface area contributed by atoms with Crippen LogP contribution in [-0.4, -0.2) is 33.4 Å². The molecule has 0 radical (unpaired) electrons. The van der Waals surface area contributed by atoms with Crippen molar-refractivity contribution < 1.29 is 9.53 Å². The summed E-state index contributed by atoms with van der Waals surface area (Å²) in [4.78, 5) is 15.4. The number of carbonyl (C=O) groups excluding carboxylic acids is 1. The third-order valence-electron chi connectivity index (χ3n) is 2.13. The average molecular weight is 226 g/mol. The van der Waals surface area contributed by atoms with Gasteiger partial charge in [-0.15, -0.1) is 0 Å². The molecule has 0 amide bonds. The molecule has 1 atom stereocenters. The van der Waals surface area contributed by atoms with Crippen molar-refractivity contribution in [2.24, 2.45) is 5.73 Å². The Hall–Kier alpha value is -1.43. The maximum atomic E-state index is 11.3. The minimum atomic E-state index is -0.679. The lowest BCUT2D eigenvalue weighted by atomic mass is 10.2. The number of hydrogen-bond donors (Lipinski definition) is 1. The zero-order chi connectivity index (χ0) is 12.1. The third kappa shape index (κ3) is 3.03. The second-order valence-corrected chi connectivity index (χ2v) is 3.78. The third-order valence-corrected chi connectivity index (χ3v) is 2.13. The zero-order valence-electron chi connectivity index (χ0n) is 9.88. The minimum absolute atomic E-state index is 0.201. The Balaban J connectivity index is 2.65. The first-order valence-electron chi connectivity index (χ1n) is 5.36. The Bertz CT molecular complexity index is 348. The van der Waals surface area contributed by atoms with E-state index < -0.39 is 12.0 Å². The van der Waals surface area contributed by atoms with Crippen LogP contribution in [0.5, 0.6) is 0 Å². The van der Waals surface area contributed by atoms with Crippen LogP contribution in [0.4, 0.5) is 0 Å². The average Bonchev–Trinajstić information content (AvgIpc) is 2.66. The Labute approximate surface area is 94.8 Å². The van der Waals surface area contributed by atoms with Crippen LogP contribution in [0.1, 0.15) is 32.6 Å². The van der Waals surface area contributed by atoms with Gasteiger partial charge in [-0.1, -0.05) is 0 Å². The normalized spacial score (nSPS) is 12.8. The first-order chi connectivity index (χ1) is 7.56.